The summed E-state index contributed by atoms with van der Waals surface area (Å²) < 4.78 is 0. The molecule has 2 rings (SSSR count). The molecule has 0 aliphatic rings. The molecule has 18 heavy (non-hydrogen) atoms. The Hall–Kier alpha value is -2.10. The van der Waals surface area contributed by atoms with E-state index in [2.05, 4.69) is 48.1 Å². The van der Waals surface area contributed by atoms with E-state index in [0.717, 1.165) is 11.1 Å². The van der Waals surface area contributed by atoms with Gasteiger partial charge in [0.25, 0.3) is 0 Å². The molecule has 0 fully saturated rings. The summed E-state index contributed by atoms with van der Waals surface area (Å²) in [4.78, 5) is 7.94. The van der Waals surface area contributed by atoms with Crippen LogP contribution in [0.1, 0.15) is 36.5 Å². The number of benzene rings is 1. The van der Waals surface area contributed by atoms with Gasteiger partial charge in [-0.15, -0.1) is 0 Å². The topological polar surface area (TPSA) is 77.8 Å². The minimum atomic E-state index is 0.454. The van der Waals surface area contributed by atoms with Crippen molar-refractivity contribution in [3.05, 3.63) is 47.3 Å². The van der Waals surface area contributed by atoms with Crippen molar-refractivity contribution in [1.82, 2.24) is 9.97 Å². The predicted molar refractivity (Wildman–Crippen MR) is 74.2 cm³/mol. The van der Waals surface area contributed by atoms with Gasteiger partial charge in [0.15, 0.2) is 0 Å². The lowest BCUT2D eigenvalue weighted by molar-refractivity contribution is 0.865. The minimum Gasteiger partial charge on any atom is -0.383 e. The molecule has 0 atom stereocenters. The van der Waals surface area contributed by atoms with Crippen molar-refractivity contribution in [3.8, 4) is 0 Å². The Morgan fingerprint density at radius 1 is 1.00 bits per heavy atom. The number of nitrogen functional groups attached to an aromatic ring is 2. The van der Waals surface area contributed by atoms with Crippen LogP contribution in [-0.4, -0.2) is 9.97 Å². The monoisotopic (exact) mass is 242 g/mol. The number of aromatic nitrogens is 2. The Morgan fingerprint density at radius 3 is 2.06 bits per heavy atom. The number of hydrogen-bond acceptors (Lipinski definition) is 4. The maximum absolute atomic E-state index is 5.82. The lowest BCUT2D eigenvalue weighted by Crippen LogP contribution is -2.05. The highest BCUT2D eigenvalue weighted by molar-refractivity contribution is 5.54. The average Bonchev–Trinajstić information content (AvgIpc) is 2.34. The first-order chi connectivity index (χ1) is 8.58. The Balaban J connectivity index is 2.24. The molecule has 4 nitrogen and oxygen atoms in total. The molecule has 0 unspecified atom stereocenters. The van der Waals surface area contributed by atoms with Crippen molar-refractivity contribution in [3.63, 3.8) is 0 Å². The number of rotatable bonds is 3. The molecule has 0 aliphatic heterocycles. The van der Waals surface area contributed by atoms with Crippen molar-refractivity contribution >= 4 is 11.6 Å². The second-order valence-corrected chi connectivity index (χ2v) is 4.70. The number of nitrogens with zero attached hydrogens (tertiary/aromatic N) is 2. The van der Waals surface area contributed by atoms with E-state index >= 15 is 0 Å². The summed E-state index contributed by atoms with van der Waals surface area (Å²) >= 11 is 0. The highest BCUT2D eigenvalue weighted by atomic mass is 15.0. The SMILES string of the molecule is CC(C)c1ccc(Cc2c(N)ncnc2N)cc1. The van der Waals surface area contributed by atoms with Crippen LogP contribution in [0.15, 0.2) is 30.6 Å². The summed E-state index contributed by atoms with van der Waals surface area (Å²) in [5.74, 6) is 1.44. The summed E-state index contributed by atoms with van der Waals surface area (Å²) in [5.41, 5.74) is 14.9. The number of nitrogens with two attached hydrogens (primary N) is 2. The zero-order chi connectivity index (χ0) is 13.1. The van der Waals surface area contributed by atoms with E-state index in [-0.39, 0.29) is 0 Å². The molecule has 2 aromatic rings. The van der Waals surface area contributed by atoms with E-state index in [1.54, 1.807) is 0 Å². The van der Waals surface area contributed by atoms with Gasteiger partial charge in [-0.1, -0.05) is 38.1 Å². The Labute approximate surface area is 107 Å². The molecule has 0 aliphatic carbocycles. The fourth-order valence-corrected chi connectivity index (χ4v) is 1.85. The van der Waals surface area contributed by atoms with Crippen molar-refractivity contribution in [1.29, 1.82) is 0 Å². The van der Waals surface area contributed by atoms with Gasteiger partial charge in [0.1, 0.15) is 18.0 Å². The number of hydrogen-bond donors (Lipinski definition) is 2. The van der Waals surface area contributed by atoms with Gasteiger partial charge in [-0.2, -0.15) is 0 Å². The minimum absolute atomic E-state index is 0.454. The molecule has 4 heteroatoms. The van der Waals surface area contributed by atoms with Crippen LogP contribution in [0.5, 0.6) is 0 Å². The largest absolute Gasteiger partial charge is 0.383 e. The summed E-state index contributed by atoms with van der Waals surface area (Å²) in [5, 5.41) is 0. The molecule has 94 valence electrons. The maximum atomic E-state index is 5.82. The van der Waals surface area contributed by atoms with Crippen LogP contribution in [0.2, 0.25) is 0 Å². The Morgan fingerprint density at radius 2 is 1.56 bits per heavy atom. The van der Waals surface area contributed by atoms with Crippen LogP contribution in [0, 0.1) is 0 Å². The molecule has 4 N–H and O–H groups in total. The average molecular weight is 242 g/mol. The third kappa shape index (κ3) is 2.59. The predicted octanol–water partition coefficient (Wildman–Crippen LogP) is 2.36. The standard InChI is InChI=1S/C14H18N4/c1-9(2)11-5-3-10(4-6-11)7-12-13(15)17-8-18-14(12)16/h3-6,8-9H,7H2,1-2H3,(H4,15,16,17,18). The van der Waals surface area contributed by atoms with Gasteiger partial charge in [0.05, 0.1) is 0 Å². The van der Waals surface area contributed by atoms with E-state index < -0.39 is 0 Å². The van der Waals surface area contributed by atoms with Crippen molar-refractivity contribution < 1.29 is 0 Å². The van der Waals surface area contributed by atoms with Gasteiger partial charge in [0, 0.05) is 12.0 Å². The fourth-order valence-electron chi connectivity index (χ4n) is 1.85. The van der Waals surface area contributed by atoms with Crippen molar-refractivity contribution in [2.45, 2.75) is 26.2 Å². The molecule has 1 aromatic carbocycles. The Bertz CT molecular complexity index is 512. The van der Waals surface area contributed by atoms with E-state index in [0.29, 0.717) is 24.0 Å². The smallest absolute Gasteiger partial charge is 0.132 e. The third-order valence-electron chi connectivity index (χ3n) is 3.04. The van der Waals surface area contributed by atoms with Gasteiger partial charge in [-0.3, -0.25) is 0 Å². The quantitative estimate of drug-likeness (QED) is 0.866. The van der Waals surface area contributed by atoms with Crippen LogP contribution in [-0.2, 0) is 6.42 Å². The Kier molecular flexibility index (Phi) is 3.46. The van der Waals surface area contributed by atoms with Gasteiger partial charge in [-0.05, 0) is 17.0 Å². The molecular formula is C14H18N4. The van der Waals surface area contributed by atoms with Gasteiger partial charge >= 0.3 is 0 Å². The second-order valence-electron chi connectivity index (χ2n) is 4.70. The van der Waals surface area contributed by atoms with Gasteiger partial charge < -0.3 is 11.5 Å². The highest BCUT2D eigenvalue weighted by Crippen LogP contribution is 2.20. The zero-order valence-corrected chi connectivity index (χ0v) is 10.7. The first-order valence-corrected chi connectivity index (χ1v) is 6.01. The second kappa shape index (κ2) is 5.04. The fraction of sp³-hybridized carbons (Fsp3) is 0.286. The van der Waals surface area contributed by atoms with E-state index in [1.807, 2.05) is 0 Å². The summed E-state index contributed by atoms with van der Waals surface area (Å²) in [6.07, 6.45) is 2.05. The first-order valence-electron chi connectivity index (χ1n) is 6.01. The third-order valence-corrected chi connectivity index (χ3v) is 3.04. The van der Waals surface area contributed by atoms with Crippen LogP contribution >= 0.6 is 0 Å². The molecule has 0 amide bonds. The van der Waals surface area contributed by atoms with Gasteiger partial charge in [-0.25, -0.2) is 9.97 Å². The van der Waals surface area contributed by atoms with Crippen LogP contribution < -0.4 is 11.5 Å². The zero-order valence-electron chi connectivity index (χ0n) is 10.7. The van der Waals surface area contributed by atoms with Crippen LogP contribution in [0.3, 0.4) is 0 Å². The summed E-state index contributed by atoms with van der Waals surface area (Å²) in [6.45, 7) is 4.35. The van der Waals surface area contributed by atoms with Gasteiger partial charge in [0.2, 0.25) is 0 Å². The molecule has 0 radical (unpaired) electrons. The van der Waals surface area contributed by atoms with Crippen LogP contribution in [0.4, 0.5) is 11.6 Å². The van der Waals surface area contributed by atoms with Crippen molar-refractivity contribution in [2.24, 2.45) is 0 Å². The molecule has 0 bridgehead atoms. The summed E-state index contributed by atoms with van der Waals surface area (Å²) in [7, 11) is 0. The van der Waals surface area contributed by atoms with Crippen molar-refractivity contribution in [2.75, 3.05) is 11.5 Å². The lowest BCUT2D eigenvalue weighted by atomic mass is 9.99. The maximum Gasteiger partial charge on any atom is 0.132 e. The van der Waals surface area contributed by atoms with E-state index in [1.165, 1.54) is 11.9 Å². The molecular weight excluding hydrogens is 224 g/mol. The highest BCUT2D eigenvalue weighted by Gasteiger charge is 2.07. The molecule has 1 heterocycles. The first kappa shape index (κ1) is 12.4. The van der Waals surface area contributed by atoms with E-state index in [4.69, 9.17) is 11.5 Å². The molecule has 0 saturated heterocycles. The lowest BCUT2D eigenvalue weighted by Gasteiger charge is -2.09. The molecule has 0 saturated carbocycles. The number of anilines is 2. The molecule has 0 spiro atoms. The van der Waals surface area contributed by atoms with E-state index in [9.17, 15) is 0 Å². The normalized spacial score (nSPS) is 10.8. The van der Waals surface area contributed by atoms with Crippen LogP contribution in [0.25, 0.3) is 0 Å². The summed E-state index contributed by atoms with van der Waals surface area (Å²) in [6, 6.07) is 8.47. The molecule has 1 aromatic heterocycles.